The SMILES string of the molecule is COC1CCN(C(C)CCCNC(C)(C)C)CC1. The summed E-state index contributed by atoms with van der Waals surface area (Å²) >= 11 is 0. The van der Waals surface area contributed by atoms with Crippen molar-refractivity contribution in [2.24, 2.45) is 0 Å². The van der Waals surface area contributed by atoms with E-state index in [4.69, 9.17) is 4.74 Å². The average Bonchev–Trinajstić information content (AvgIpc) is 2.33. The van der Waals surface area contributed by atoms with E-state index in [1.54, 1.807) is 0 Å². The Balaban J connectivity index is 2.12. The lowest BCUT2D eigenvalue weighted by Gasteiger charge is -2.35. The van der Waals surface area contributed by atoms with Gasteiger partial charge < -0.3 is 15.0 Å². The molecule has 1 atom stereocenters. The van der Waals surface area contributed by atoms with Gasteiger partial charge in [-0.3, -0.25) is 0 Å². The van der Waals surface area contributed by atoms with E-state index in [1.165, 1.54) is 38.8 Å². The Bertz CT molecular complexity index is 217. The van der Waals surface area contributed by atoms with Crippen molar-refractivity contribution in [1.29, 1.82) is 0 Å². The van der Waals surface area contributed by atoms with Gasteiger partial charge in [0.15, 0.2) is 0 Å². The van der Waals surface area contributed by atoms with Crippen molar-refractivity contribution in [1.82, 2.24) is 10.2 Å². The van der Waals surface area contributed by atoms with Crippen LogP contribution in [0, 0.1) is 0 Å². The molecule has 1 aliphatic heterocycles. The molecule has 1 N–H and O–H groups in total. The molecule has 3 heteroatoms. The highest BCUT2D eigenvalue weighted by atomic mass is 16.5. The van der Waals surface area contributed by atoms with E-state index in [-0.39, 0.29) is 5.54 Å². The van der Waals surface area contributed by atoms with Gasteiger partial charge in [0, 0.05) is 31.8 Å². The molecule has 0 aromatic heterocycles. The summed E-state index contributed by atoms with van der Waals surface area (Å²) in [7, 11) is 1.84. The zero-order valence-electron chi connectivity index (χ0n) is 13.0. The molecule has 1 aliphatic rings. The van der Waals surface area contributed by atoms with Crippen LogP contribution in [0.4, 0.5) is 0 Å². The summed E-state index contributed by atoms with van der Waals surface area (Å²) in [5.74, 6) is 0. The summed E-state index contributed by atoms with van der Waals surface area (Å²) < 4.78 is 5.42. The Labute approximate surface area is 113 Å². The number of nitrogens with one attached hydrogen (secondary N) is 1. The molecule has 1 rings (SSSR count). The Morgan fingerprint density at radius 2 is 1.89 bits per heavy atom. The molecule has 18 heavy (non-hydrogen) atoms. The summed E-state index contributed by atoms with van der Waals surface area (Å²) in [6, 6.07) is 0.713. The van der Waals surface area contributed by atoms with Gasteiger partial charge in [0.2, 0.25) is 0 Å². The number of nitrogens with zero attached hydrogens (tertiary/aromatic N) is 1. The first-order chi connectivity index (χ1) is 8.42. The molecule has 1 saturated heterocycles. The number of hydrogen-bond donors (Lipinski definition) is 1. The molecule has 0 aromatic rings. The smallest absolute Gasteiger partial charge is 0.0595 e. The fourth-order valence-corrected chi connectivity index (χ4v) is 2.60. The monoisotopic (exact) mass is 256 g/mol. The van der Waals surface area contributed by atoms with Gasteiger partial charge in [-0.15, -0.1) is 0 Å². The lowest BCUT2D eigenvalue weighted by Crippen LogP contribution is -2.42. The van der Waals surface area contributed by atoms with Gasteiger partial charge in [0.05, 0.1) is 6.10 Å². The van der Waals surface area contributed by atoms with Crippen LogP contribution in [-0.4, -0.2) is 49.3 Å². The molecule has 0 radical (unpaired) electrons. The zero-order valence-corrected chi connectivity index (χ0v) is 13.0. The van der Waals surface area contributed by atoms with Crippen LogP contribution >= 0.6 is 0 Å². The van der Waals surface area contributed by atoms with Crippen molar-refractivity contribution in [2.45, 2.75) is 71.1 Å². The Morgan fingerprint density at radius 1 is 1.28 bits per heavy atom. The van der Waals surface area contributed by atoms with E-state index in [0.29, 0.717) is 12.1 Å². The Kier molecular flexibility index (Phi) is 6.61. The predicted octanol–water partition coefficient (Wildman–Crippen LogP) is 2.65. The predicted molar refractivity (Wildman–Crippen MR) is 78.1 cm³/mol. The topological polar surface area (TPSA) is 24.5 Å². The number of ether oxygens (including phenoxy) is 1. The summed E-state index contributed by atoms with van der Waals surface area (Å²) in [4.78, 5) is 2.62. The molecule has 1 fully saturated rings. The first-order valence-electron chi connectivity index (χ1n) is 7.44. The van der Waals surface area contributed by atoms with Gasteiger partial charge >= 0.3 is 0 Å². The molecule has 0 bridgehead atoms. The Hall–Kier alpha value is -0.120. The molecule has 0 aliphatic carbocycles. The van der Waals surface area contributed by atoms with Crippen molar-refractivity contribution in [3.05, 3.63) is 0 Å². The van der Waals surface area contributed by atoms with E-state index in [0.717, 1.165) is 6.54 Å². The number of piperidine rings is 1. The van der Waals surface area contributed by atoms with Gasteiger partial charge in [-0.05, 0) is 59.9 Å². The molecule has 3 nitrogen and oxygen atoms in total. The highest BCUT2D eigenvalue weighted by molar-refractivity contribution is 4.77. The number of likely N-dealkylation sites (tertiary alicyclic amines) is 1. The van der Waals surface area contributed by atoms with Crippen LogP contribution in [-0.2, 0) is 4.74 Å². The van der Waals surface area contributed by atoms with E-state index < -0.39 is 0 Å². The minimum Gasteiger partial charge on any atom is -0.381 e. The van der Waals surface area contributed by atoms with Crippen molar-refractivity contribution in [3.8, 4) is 0 Å². The quantitative estimate of drug-likeness (QED) is 0.740. The van der Waals surface area contributed by atoms with Crippen molar-refractivity contribution >= 4 is 0 Å². The van der Waals surface area contributed by atoms with Gasteiger partial charge in [0.1, 0.15) is 0 Å². The van der Waals surface area contributed by atoms with Crippen LogP contribution in [0.5, 0.6) is 0 Å². The number of methoxy groups -OCH3 is 1. The van der Waals surface area contributed by atoms with Crippen LogP contribution in [0.2, 0.25) is 0 Å². The highest BCUT2D eigenvalue weighted by Gasteiger charge is 2.22. The third-order valence-corrected chi connectivity index (χ3v) is 3.89. The standard InChI is InChI=1S/C15H32N2O/c1-13(7-6-10-16-15(2,3)4)17-11-8-14(18-5)9-12-17/h13-14,16H,6-12H2,1-5H3. The molecule has 0 aromatic carbocycles. The van der Waals surface area contributed by atoms with Crippen molar-refractivity contribution < 1.29 is 4.74 Å². The fraction of sp³-hybridized carbons (Fsp3) is 1.00. The molecule has 0 spiro atoms. The first-order valence-corrected chi connectivity index (χ1v) is 7.44. The maximum Gasteiger partial charge on any atom is 0.0595 e. The van der Waals surface area contributed by atoms with Gasteiger partial charge in [-0.25, -0.2) is 0 Å². The summed E-state index contributed by atoms with van der Waals surface area (Å²) in [6.45, 7) is 12.6. The first kappa shape index (κ1) is 15.9. The highest BCUT2D eigenvalue weighted by Crippen LogP contribution is 2.17. The summed E-state index contributed by atoms with van der Waals surface area (Å²) in [5, 5.41) is 3.56. The maximum atomic E-state index is 5.42. The number of hydrogen-bond acceptors (Lipinski definition) is 3. The van der Waals surface area contributed by atoms with Crippen LogP contribution in [0.15, 0.2) is 0 Å². The normalized spacial score (nSPS) is 21.2. The largest absolute Gasteiger partial charge is 0.381 e. The molecular formula is C15H32N2O. The minimum absolute atomic E-state index is 0.250. The van der Waals surface area contributed by atoms with Gasteiger partial charge in [0.25, 0.3) is 0 Å². The molecule has 0 amide bonds. The second-order valence-corrected chi connectivity index (χ2v) is 6.64. The van der Waals surface area contributed by atoms with E-state index in [9.17, 15) is 0 Å². The molecule has 108 valence electrons. The Morgan fingerprint density at radius 3 is 2.39 bits per heavy atom. The van der Waals surface area contributed by atoms with Gasteiger partial charge in [-0.2, -0.15) is 0 Å². The summed E-state index contributed by atoms with van der Waals surface area (Å²) in [5.41, 5.74) is 0.250. The van der Waals surface area contributed by atoms with Crippen molar-refractivity contribution in [2.75, 3.05) is 26.7 Å². The molecule has 1 heterocycles. The molecule has 0 saturated carbocycles. The van der Waals surface area contributed by atoms with E-state index in [1.807, 2.05) is 7.11 Å². The van der Waals surface area contributed by atoms with Crippen molar-refractivity contribution in [3.63, 3.8) is 0 Å². The zero-order chi connectivity index (χ0) is 13.6. The van der Waals surface area contributed by atoms with Crippen LogP contribution in [0.25, 0.3) is 0 Å². The second-order valence-electron chi connectivity index (χ2n) is 6.64. The third-order valence-electron chi connectivity index (χ3n) is 3.89. The molecule has 1 unspecified atom stereocenters. The maximum absolute atomic E-state index is 5.42. The molecular weight excluding hydrogens is 224 g/mol. The minimum atomic E-state index is 0.250. The lowest BCUT2D eigenvalue weighted by molar-refractivity contribution is 0.0283. The average molecular weight is 256 g/mol. The van der Waals surface area contributed by atoms with Crippen LogP contribution in [0.1, 0.15) is 53.4 Å². The van der Waals surface area contributed by atoms with E-state index >= 15 is 0 Å². The van der Waals surface area contributed by atoms with Crippen LogP contribution in [0.3, 0.4) is 0 Å². The van der Waals surface area contributed by atoms with Crippen LogP contribution < -0.4 is 5.32 Å². The second kappa shape index (κ2) is 7.46. The van der Waals surface area contributed by atoms with E-state index in [2.05, 4.69) is 37.9 Å². The summed E-state index contributed by atoms with van der Waals surface area (Å²) in [6.07, 6.45) is 5.45. The fourth-order valence-electron chi connectivity index (χ4n) is 2.60. The third kappa shape index (κ3) is 6.17. The van der Waals surface area contributed by atoms with Gasteiger partial charge in [-0.1, -0.05) is 0 Å². The number of rotatable bonds is 6. The lowest BCUT2D eigenvalue weighted by atomic mass is 10.0.